The SMILES string of the molecule is CC\C=C/C=C\C=C/C=C\CCCCCC(=O)OCC(COC(=O)CCCCC/C=C\C/C=C\C/C=C\C/C=C\C/C=C\CC)OC(=O)CCCCCCCCCCCCCCCCCCCCC. The number of unbranched alkanes of at least 4 members (excludes halogenated alkanes) is 24. The van der Waals surface area contributed by atoms with Crippen LogP contribution in [0.5, 0.6) is 0 Å². The number of carbonyl (C=O) groups excluding carboxylic acids is 3. The van der Waals surface area contributed by atoms with Gasteiger partial charge in [-0.05, 0) is 83.5 Å². The van der Waals surface area contributed by atoms with Crippen LogP contribution in [0, 0.1) is 0 Å². The van der Waals surface area contributed by atoms with E-state index in [2.05, 4.69) is 93.7 Å². The van der Waals surface area contributed by atoms with Crippen molar-refractivity contribution < 1.29 is 28.6 Å². The Morgan fingerprint density at radius 2 is 0.638 bits per heavy atom. The van der Waals surface area contributed by atoms with Crippen LogP contribution in [0.4, 0.5) is 0 Å². The summed E-state index contributed by atoms with van der Waals surface area (Å²) >= 11 is 0. The molecular weight excluding hydrogens is 853 g/mol. The van der Waals surface area contributed by atoms with E-state index in [0.29, 0.717) is 19.3 Å². The minimum absolute atomic E-state index is 0.108. The third-order valence-corrected chi connectivity index (χ3v) is 11.9. The Balaban J connectivity index is 4.46. The Morgan fingerprint density at radius 3 is 1.06 bits per heavy atom. The second-order valence-electron chi connectivity index (χ2n) is 18.5. The van der Waals surface area contributed by atoms with Crippen LogP contribution in [0.2, 0.25) is 0 Å². The fourth-order valence-corrected chi connectivity index (χ4v) is 7.66. The third-order valence-electron chi connectivity index (χ3n) is 11.9. The maximum absolute atomic E-state index is 12.9. The summed E-state index contributed by atoms with van der Waals surface area (Å²) in [7, 11) is 0. The molecule has 0 saturated heterocycles. The van der Waals surface area contributed by atoms with Gasteiger partial charge in [0.2, 0.25) is 0 Å². The minimum Gasteiger partial charge on any atom is -0.462 e. The van der Waals surface area contributed by atoms with Gasteiger partial charge in [-0.3, -0.25) is 14.4 Å². The van der Waals surface area contributed by atoms with Gasteiger partial charge in [-0.25, -0.2) is 0 Å². The molecule has 6 heteroatoms. The highest BCUT2D eigenvalue weighted by molar-refractivity contribution is 5.71. The molecule has 1 unspecified atom stereocenters. The number of carbonyl (C=O) groups is 3. The number of hydrogen-bond donors (Lipinski definition) is 0. The van der Waals surface area contributed by atoms with Gasteiger partial charge in [-0.2, -0.15) is 0 Å². The van der Waals surface area contributed by atoms with Gasteiger partial charge in [0.1, 0.15) is 13.2 Å². The standard InChI is InChI=1S/C63H104O6/c1-4-7-10-13-16-19-22-25-27-29-31-33-35-38-41-44-47-50-53-56-62(65)68-59-60(58-67-61(64)55-52-49-46-43-40-37-24-21-18-15-12-9-6-3)69-63(66)57-54-51-48-45-42-39-36-34-32-30-28-26-23-20-17-14-11-8-5-2/h7,9-10,12,15-16,18-19,21,24-25,27,31,33,37-38,40-41,60H,4-6,8,11,13-14,17,20,22-23,26,28-30,32,34-36,39,42-59H2,1-3H3/b10-7-,12-9-,18-15-,19-16-,24-21-,27-25-,33-31-,40-37-,41-38-. The van der Waals surface area contributed by atoms with Crippen LogP contribution in [0.25, 0.3) is 0 Å². The van der Waals surface area contributed by atoms with Gasteiger partial charge in [-0.1, -0.05) is 259 Å². The van der Waals surface area contributed by atoms with Crippen LogP contribution in [-0.4, -0.2) is 37.2 Å². The fraction of sp³-hybridized carbons (Fsp3) is 0.667. The van der Waals surface area contributed by atoms with Crippen molar-refractivity contribution in [3.63, 3.8) is 0 Å². The van der Waals surface area contributed by atoms with Crippen LogP contribution in [0.15, 0.2) is 109 Å². The predicted molar refractivity (Wildman–Crippen MR) is 297 cm³/mol. The van der Waals surface area contributed by atoms with Crippen LogP contribution < -0.4 is 0 Å². The molecule has 0 saturated carbocycles. The van der Waals surface area contributed by atoms with E-state index in [1.54, 1.807) is 0 Å². The molecule has 0 amide bonds. The van der Waals surface area contributed by atoms with Crippen LogP contribution >= 0.6 is 0 Å². The monoisotopic (exact) mass is 957 g/mol. The molecule has 0 fully saturated rings. The molecule has 0 N–H and O–H groups in total. The molecule has 0 aliphatic rings. The summed E-state index contributed by atoms with van der Waals surface area (Å²) in [6.45, 7) is 6.33. The number of hydrogen-bond acceptors (Lipinski definition) is 6. The molecule has 0 aromatic rings. The summed E-state index contributed by atoms with van der Waals surface area (Å²) < 4.78 is 16.8. The first-order valence-corrected chi connectivity index (χ1v) is 28.4. The molecule has 1 atom stereocenters. The van der Waals surface area contributed by atoms with Crippen LogP contribution in [0.3, 0.4) is 0 Å². The molecule has 0 heterocycles. The largest absolute Gasteiger partial charge is 0.462 e. The minimum atomic E-state index is -0.809. The quantitative estimate of drug-likeness (QED) is 0.0199. The highest BCUT2D eigenvalue weighted by Gasteiger charge is 2.19. The Labute approximate surface area is 425 Å². The molecule has 0 bridgehead atoms. The van der Waals surface area contributed by atoms with E-state index in [1.807, 2.05) is 36.5 Å². The number of allylic oxidation sites excluding steroid dienone is 18. The number of rotatable bonds is 50. The zero-order valence-electron chi connectivity index (χ0n) is 44.8. The van der Waals surface area contributed by atoms with Gasteiger partial charge in [0.05, 0.1) is 0 Å². The Kier molecular flexibility index (Phi) is 53.4. The average Bonchev–Trinajstić information content (AvgIpc) is 3.35. The molecule has 0 rings (SSSR count). The van der Waals surface area contributed by atoms with Crippen molar-refractivity contribution in [2.75, 3.05) is 13.2 Å². The summed E-state index contributed by atoms with van der Waals surface area (Å²) in [5, 5.41) is 0. The Hall–Kier alpha value is -3.93. The zero-order valence-corrected chi connectivity index (χ0v) is 44.8. The lowest BCUT2D eigenvalue weighted by atomic mass is 10.0. The van der Waals surface area contributed by atoms with E-state index in [0.717, 1.165) is 109 Å². The summed E-state index contributed by atoms with van der Waals surface area (Å²) in [4.78, 5) is 38.1. The lowest BCUT2D eigenvalue weighted by Crippen LogP contribution is -2.30. The van der Waals surface area contributed by atoms with E-state index in [-0.39, 0.29) is 31.1 Å². The lowest BCUT2D eigenvalue weighted by molar-refractivity contribution is -0.167. The molecule has 0 aromatic heterocycles. The molecule has 0 aromatic carbocycles. The van der Waals surface area contributed by atoms with Crippen molar-refractivity contribution in [2.24, 2.45) is 0 Å². The van der Waals surface area contributed by atoms with Crippen molar-refractivity contribution in [3.8, 4) is 0 Å². The molecule has 392 valence electrons. The number of esters is 3. The smallest absolute Gasteiger partial charge is 0.306 e. The fourth-order valence-electron chi connectivity index (χ4n) is 7.66. The maximum atomic E-state index is 12.9. The van der Waals surface area contributed by atoms with E-state index in [1.165, 1.54) is 103 Å². The van der Waals surface area contributed by atoms with Crippen molar-refractivity contribution >= 4 is 17.9 Å². The van der Waals surface area contributed by atoms with Gasteiger partial charge < -0.3 is 14.2 Å². The second-order valence-corrected chi connectivity index (χ2v) is 18.5. The molecule has 6 nitrogen and oxygen atoms in total. The molecule has 0 aliphatic heterocycles. The predicted octanol–water partition coefficient (Wildman–Crippen LogP) is 19.1. The first-order valence-electron chi connectivity index (χ1n) is 28.4. The van der Waals surface area contributed by atoms with Gasteiger partial charge in [0, 0.05) is 19.3 Å². The van der Waals surface area contributed by atoms with Crippen LogP contribution in [0.1, 0.15) is 252 Å². The van der Waals surface area contributed by atoms with Crippen molar-refractivity contribution in [1.82, 2.24) is 0 Å². The lowest BCUT2D eigenvalue weighted by Gasteiger charge is -2.18. The van der Waals surface area contributed by atoms with Gasteiger partial charge in [0.25, 0.3) is 0 Å². The summed E-state index contributed by atoms with van der Waals surface area (Å²) in [5.74, 6) is -0.973. The van der Waals surface area contributed by atoms with Crippen molar-refractivity contribution in [2.45, 2.75) is 258 Å². The molecule has 69 heavy (non-hydrogen) atoms. The van der Waals surface area contributed by atoms with Crippen molar-refractivity contribution in [3.05, 3.63) is 109 Å². The first kappa shape index (κ1) is 65.1. The first-order chi connectivity index (χ1) is 34.0. The van der Waals surface area contributed by atoms with Gasteiger partial charge in [0.15, 0.2) is 6.10 Å². The van der Waals surface area contributed by atoms with Crippen molar-refractivity contribution in [1.29, 1.82) is 0 Å². The normalized spacial score (nSPS) is 12.9. The van der Waals surface area contributed by atoms with Gasteiger partial charge >= 0.3 is 17.9 Å². The second kappa shape index (κ2) is 56.7. The number of ether oxygens (including phenoxy) is 3. The Bertz CT molecular complexity index is 1420. The zero-order chi connectivity index (χ0) is 50.0. The van der Waals surface area contributed by atoms with Crippen LogP contribution in [-0.2, 0) is 28.6 Å². The molecule has 0 aliphatic carbocycles. The third kappa shape index (κ3) is 54.9. The topological polar surface area (TPSA) is 78.9 Å². The van der Waals surface area contributed by atoms with E-state index >= 15 is 0 Å². The van der Waals surface area contributed by atoms with E-state index < -0.39 is 6.10 Å². The van der Waals surface area contributed by atoms with E-state index in [4.69, 9.17) is 14.2 Å². The molecular formula is C63H104O6. The maximum Gasteiger partial charge on any atom is 0.306 e. The summed E-state index contributed by atoms with van der Waals surface area (Å²) in [5.41, 5.74) is 0. The summed E-state index contributed by atoms with van der Waals surface area (Å²) in [6.07, 6.45) is 76.6. The van der Waals surface area contributed by atoms with Gasteiger partial charge in [-0.15, -0.1) is 0 Å². The van der Waals surface area contributed by atoms with E-state index in [9.17, 15) is 14.4 Å². The highest BCUT2D eigenvalue weighted by Crippen LogP contribution is 2.16. The Morgan fingerprint density at radius 1 is 0.319 bits per heavy atom. The highest BCUT2D eigenvalue weighted by atomic mass is 16.6. The average molecular weight is 958 g/mol. The molecule has 0 spiro atoms. The summed E-state index contributed by atoms with van der Waals surface area (Å²) in [6, 6.07) is 0. The molecule has 0 radical (unpaired) electrons.